The monoisotopic (exact) mass is 446 g/mol. The Morgan fingerprint density at radius 3 is 2.37 bits per heavy atom. The Labute approximate surface area is 187 Å². The van der Waals surface area contributed by atoms with Gasteiger partial charge in [0.15, 0.2) is 0 Å². The quantitative estimate of drug-likeness (QED) is 0.633. The van der Waals surface area contributed by atoms with Gasteiger partial charge < -0.3 is 15.0 Å². The van der Waals surface area contributed by atoms with Crippen molar-refractivity contribution in [1.82, 2.24) is 20.4 Å². The molecule has 5 rings (SSSR count). The fraction of sp³-hybridized carbons (Fsp3) is 0.273. The highest BCUT2D eigenvalue weighted by Crippen LogP contribution is 2.44. The minimum Gasteiger partial charge on any atom is -0.448 e. The van der Waals surface area contributed by atoms with Gasteiger partial charge in [-0.1, -0.05) is 48.5 Å². The van der Waals surface area contributed by atoms with Crippen molar-refractivity contribution in [2.24, 2.45) is 0 Å². The van der Waals surface area contributed by atoms with E-state index in [0.717, 1.165) is 12.1 Å². The van der Waals surface area contributed by atoms with E-state index in [9.17, 15) is 4.79 Å². The second kappa shape index (κ2) is 9.51. The van der Waals surface area contributed by atoms with E-state index in [1.165, 1.54) is 22.3 Å². The molecule has 2 aliphatic rings. The SMILES string of the molecule is Cl.Cl.O=C(OCC1c2ccccc2-c2ccccc21)N1CCNC(c2cn[nH]c2)C1. The summed E-state index contributed by atoms with van der Waals surface area (Å²) in [5.74, 6) is 0.0870. The second-order valence-corrected chi connectivity index (χ2v) is 7.29. The molecular weight excluding hydrogens is 423 g/mol. The second-order valence-electron chi connectivity index (χ2n) is 7.29. The summed E-state index contributed by atoms with van der Waals surface area (Å²) in [5, 5.41) is 10.2. The number of aromatic amines is 1. The fourth-order valence-corrected chi connectivity index (χ4v) is 4.28. The number of hydrogen-bond acceptors (Lipinski definition) is 4. The summed E-state index contributed by atoms with van der Waals surface area (Å²) < 4.78 is 5.78. The lowest BCUT2D eigenvalue weighted by Gasteiger charge is -2.32. The third kappa shape index (κ3) is 4.03. The van der Waals surface area contributed by atoms with Crippen LogP contribution in [0, 0.1) is 0 Å². The Hall–Kier alpha value is -2.54. The molecule has 6 nitrogen and oxygen atoms in total. The van der Waals surface area contributed by atoms with Gasteiger partial charge in [0, 0.05) is 37.3 Å². The van der Waals surface area contributed by atoms with Crippen molar-refractivity contribution < 1.29 is 9.53 Å². The number of halogens is 2. The van der Waals surface area contributed by atoms with Gasteiger partial charge in [0.1, 0.15) is 6.61 Å². The molecule has 1 aromatic heterocycles. The van der Waals surface area contributed by atoms with Crippen LogP contribution in [-0.2, 0) is 4.74 Å². The molecule has 0 spiro atoms. The zero-order valence-corrected chi connectivity index (χ0v) is 17.9. The van der Waals surface area contributed by atoms with Crippen molar-refractivity contribution in [2.45, 2.75) is 12.0 Å². The van der Waals surface area contributed by atoms with Crippen LogP contribution in [0.15, 0.2) is 60.9 Å². The topological polar surface area (TPSA) is 70.2 Å². The van der Waals surface area contributed by atoms with E-state index < -0.39 is 0 Å². The number of nitrogens with zero attached hydrogens (tertiary/aromatic N) is 2. The first-order valence-corrected chi connectivity index (χ1v) is 9.63. The first-order chi connectivity index (χ1) is 13.8. The highest BCUT2D eigenvalue weighted by atomic mass is 35.5. The molecule has 0 radical (unpaired) electrons. The molecule has 2 heterocycles. The maximum atomic E-state index is 12.7. The van der Waals surface area contributed by atoms with Crippen LogP contribution in [0.2, 0.25) is 0 Å². The molecule has 8 heteroatoms. The lowest BCUT2D eigenvalue weighted by molar-refractivity contribution is 0.0883. The maximum Gasteiger partial charge on any atom is 0.409 e. The number of benzene rings is 2. The van der Waals surface area contributed by atoms with Gasteiger partial charge in [-0.3, -0.25) is 5.10 Å². The van der Waals surface area contributed by atoms with Gasteiger partial charge in [-0.05, 0) is 22.3 Å². The van der Waals surface area contributed by atoms with E-state index >= 15 is 0 Å². The van der Waals surface area contributed by atoms with Crippen molar-refractivity contribution >= 4 is 30.9 Å². The molecule has 1 saturated heterocycles. The number of carbonyl (C=O) groups is 1. The van der Waals surface area contributed by atoms with Crippen LogP contribution < -0.4 is 5.32 Å². The van der Waals surface area contributed by atoms with Gasteiger partial charge in [-0.25, -0.2) is 4.79 Å². The average molecular weight is 447 g/mol. The average Bonchev–Trinajstić information content (AvgIpc) is 3.39. The molecule has 0 saturated carbocycles. The Morgan fingerprint density at radius 1 is 1.07 bits per heavy atom. The summed E-state index contributed by atoms with van der Waals surface area (Å²) in [4.78, 5) is 14.5. The number of piperazine rings is 1. The van der Waals surface area contributed by atoms with Gasteiger partial charge in [0.05, 0.1) is 12.2 Å². The van der Waals surface area contributed by atoms with Crippen molar-refractivity contribution in [3.63, 3.8) is 0 Å². The number of ether oxygens (including phenoxy) is 1. The number of fused-ring (bicyclic) bond motifs is 3. The first-order valence-electron chi connectivity index (χ1n) is 9.63. The van der Waals surface area contributed by atoms with Gasteiger partial charge in [0.25, 0.3) is 0 Å². The number of rotatable bonds is 3. The van der Waals surface area contributed by atoms with Crippen LogP contribution in [0.1, 0.15) is 28.7 Å². The lowest BCUT2D eigenvalue weighted by Crippen LogP contribution is -2.48. The van der Waals surface area contributed by atoms with E-state index in [0.29, 0.717) is 19.7 Å². The number of nitrogens with one attached hydrogen (secondary N) is 2. The summed E-state index contributed by atoms with van der Waals surface area (Å²) in [6.07, 6.45) is 3.40. The molecule has 2 aromatic carbocycles. The van der Waals surface area contributed by atoms with Crippen molar-refractivity contribution in [3.8, 4) is 11.1 Å². The maximum absolute atomic E-state index is 12.7. The third-order valence-electron chi connectivity index (χ3n) is 5.69. The van der Waals surface area contributed by atoms with Crippen LogP contribution in [0.3, 0.4) is 0 Å². The summed E-state index contributed by atoms with van der Waals surface area (Å²) >= 11 is 0. The van der Waals surface area contributed by atoms with Gasteiger partial charge in [-0.15, -0.1) is 24.8 Å². The Balaban J connectivity index is 0.00000128. The number of hydrogen-bond donors (Lipinski definition) is 2. The molecule has 1 fully saturated rings. The van der Waals surface area contributed by atoms with Gasteiger partial charge >= 0.3 is 6.09 Å². The first kappa shape index (κ1) is 22.2. The van der Waals surface area contributed by atoms with Crippen molar-refractivity contribution in [3.05, 3.63) is 77.6 Å². The fourth-order valence-electron chi connectivity index (χ4n) is 4.28. The van der Waals surface area contributed by atoms with Gasteiger partial charge in [0.2, 0.25) is 0 Å². The molecule has 0 bridgehead atoms. The predicted octanol–water partition coefficient (Wildman–Crippen LogP) is 4.15. The molecular formula is C22H24Cl2N4O2. The number of amides is 1. The van der Waals surface area contributed by atoms with E-state index in [1.807, 2.05) is 18.3 Å². The van der Waals surface area contributed by atoms with Crippen molar-refractivity contribution in [2.75, 3.05) is 26.2 Å². The Bertz CT molecular complexity index is 951. The smallest absolute Gasteiger partial charge is 0.409 e. The van der Waals surface area contributed by atoms with Gasteiger partial charge in [-0.2, -0.15) is 5.10 Å². The Kier molecular flexibility index (Phi) is 7.02. The Morgan fingerprint density at radius 2 is 1.73 bits per heavy atom. The van der Waals surface area contributed by atoms with E-state index in [2.05, 4.69) is 51.9 Å². The summed E-state index contributed by atoms with van der Waals surface area (Å²) in [5.41, 5.74) is 5.99. The summed E-state index contributed by atoms with van der Waals surface area (Å²) in [7, 11) is 0. The molecule has 1 aliphatic carbocycles. The van der Waals surface area contributed by atoms with Crippen LogP contribution >= 0.6 is 24.8 Å². The zero-order valence-electron chi connectivity index (χ0n) is 16.3. The number of aromatic nitrogens is 2. The van der Waals surface area contributed by atoms with E-state index in [1.54, 1.807) is 11.1 Å². The molecule has 30 heavy (non-hydrogen) atoms. The molecule has 2 N–H and O–H groups in total. The van der Waals surface area contributed by atoms with Crippen LogP contribution in [-0.4, -0.2) is 47.4 Å². The van der Waals surface area contributed by atoms with Crippen molar-refractivity contribution in [1.29, 1.82) is 0 Å². The number of carbonyl (C=O) groups excluding carboxylic acids is 1. The largest absolute Gasteiger partial charge is 0.448 e. The molecule has 1 unspecified atom stereocenters. The summed E-state index contributed by atoms with van der Waals surface area (Å²) in [6, 6.07) is 16.8. The number of H-pyrrole nitrogens is 1. The molecule has 1 aliphatic heterocycles. The molecule has 1 atom stereocenters. The minimum absolute atomic E-state index is 0. The highest BCUT2D eigenvalue weighted by Gasteiger charge is 2.31. The normalized spacial score (nSPS) is 17.3. The van der Waals surface area contributed by atoms with Crippen LogP contribution in [0.5, 0.6) is 0 Å². The molecule has 3 aromatic rings. The molecule has 158 valence electrons. The molecule has 1 amide bonds. The third-order valence-corrected chi connectivity index (χ3v) is 5.69. The lowest BCUT2D eigenvalue weighted by atomic mass is 9.98. The van der Waals surface area contributed by atoms with E-state index in [-0.39, 0.29) is 42.9 Å². The summed E-state index contributed by atoms with van der Waals surface area (Å²) in [6.45, 7) is 2.31. The minimum atomic E-state index is -0.253. The zero-order chi connectivity index (χ0) is 18.9. The van der Waals surface area contributed by atoms with Crippen LogP contribution in [0.4, 0.5) is 4.79 Å². The predicted molar refractivity (Wildman–Crippen MR) is 120 cm³/mol. The standard InChI is InChI=1S/C22H22N4O2.2ClH/c27-22(26-10-9-23-21(13-26)15-11-24-25-12-15)28-14-20-18-7-3-1-5-16(18)17-6-2-4-8-19(17)20;;/h1-8,11-12,20-21,23H,9-10,13-14H2,(H,24,25);2*1H. The van der Waals surface area contributed by atoms with Crippen LogP contribution in [0.25, 0.3) is 11.1 Å². The van der Waals surface area contributed by atoms with E-state index in [4.69, 9.17) is 4.74 Å². The highest BCUT2D eigenvalue weighted by molar-refractivity contribution is 5.85.